The summed E-state index contributed by atoms with van der Waals surface area (Å²) in [6.07, 6.45) is 18.5. The van der Waals surface area contributed by atoms with Crippen molar-refractivity contribution in [3.05, 3.63) is 143 Å². The number of rotatable bonds is 12. The molecule has 45 heavy (non-hydrogen) atoms. The Morgan fingerprint density at radius 1 is 0.489 bits per heavy atom. The fourth-order valence-corrected chi connectivity index (χ4v) is 6.96. The van der Waals surface area contributed by atoms with Crippen LogP contribution in [0.3, 0.4) is 0 Å². The number of allylic oxidation sites excluding steroid dienone is 4. The van der Waals surface area contributed by atoms with Gasteiger partial charge in [-0.2, -0.15) is 0 Å². The third-order valence-electron chi connectivity index (χ3n) is 9.98. The Balaban J connectivity index is 0.980. The van der Waals surface area contributed by atoms with Crippen molar-refractivity contribution in [2.24, 2.45) is 0 Å². The molecule has 2 atom stereocenters. The highest BCUT2D eigenvalue weighted by Crippen LogP contribution is 2.38. The molecular formula is C44H50O. The van der Waals surface area contributed by atoms with E-state index in [2.05, 4.69) is 123 Å². The van der Waals surface area contributed by atoms with Crippen molar-refractivity contribution in [1.29, 1.82) is 0 Å². The van der Waals surface area contributed by atoms with Crippen LogP contribution in [0.1, 0.15) is 112 Å². The molecule has 0 radical (unpaired) electrons. The van der Waals surface area contributed by atoms with Gasteiger partial charge in [-0.25, -0.2) is 0 Å². The van der Waals surface area contributed by atoms with Crippen LogP contribution in [0.4, 0.5) is 0 Å². The predicted molar refractivity (Wildman–Crippen MR) is 191 cm³/mol. The SMILES string of the molecule is CCCCc1ccc(-c2ccc(C3CC=C(OC4=CCC(c5ccc(-c6ccc(CCCC)cc6)cc5)CC4)CC3)cc2)cc1. The minimum absolute atomic E-state index is 0.578. The molecule has 2 aliphatic rings. The van der Waals surface area contributed by atoms with E-state index in [1.165, 1.54) is 94.6 Å². The zero-order valence-electron chi connectivity index (χ0n) is 27.4. The van der Waals surface area contributed by atoms with Crippen molar-refractivity contribution in [2.45, 2.75) is 103 Å². The van der Waals surface area contributed by atoms with Crippen LogP contribution in [-0.2, 0) is 17.6 Å². The number of aryl methyl sites for hydroxylation is 2. The topological polar surface area (TPSA) is 9.23 Å². The summed E-state index contributed by atoms with van der Waals surface area (Å²) in [5, 5.41) is 0. The van der Waals surface area contributed by atoms with E-state index in [4.69, 9.17) is 4.74 Å². The fraction of sp³-hybridized carbons (Fsp3) is 0.364. The van der Waals surface area contributed by atoms with E-state index >= 15 is 0 Å². The minimum atomic E-state index is 0.578. The van der Waals surface area contributed by atoms with E-state index in [1.807, 2.05) is 0 Å². The van der Waals surface area contributed by atoms with Gasteiger partial charge in [-0.3, -0.25) is 0 Å². The molecule has 0 saturated heterocycles. The van der Waals surface area contributed by atoms with Gasteiger partial charge in [0, 0.05) is 12.8 Å². The molecule has 0 aliphatic heterocycles. The first-order valence-corrected chi connectivity index (χ1v) is 17.6. The molecule has 232 valence electrons. The highest BCUT2D eigenvalue weighted by Gasteiger charge is 2.21. The van der Waals surface area contributed by atoms with Crippen LogP contribution < -0.4 is 0 Å². The summed E-state index contributed by atoms with van der Waals surface area (Å²) in [6, 6.07) is 36.8. The van der Waals surface area contributed by atoms with Crippen molar-refractivity contribution in [1.82, 2.24) is 0 Å². The lowest BCUT2D eigenvalue weighted by molar-refractivity contribution is 0.250. The molecule has 0 bridgehead atoms. The second-order valence-corrected chi connectivity index (χ2v) is 13.2. The van der Waals surface area contributed by atoms with Crippen LogP contribution >= 0.6 is 0 Å². The Hall–Kier alpha value is -3.84. The van der Waals surface area contributed by atoms with Crippen molar-refractivity contribution >= 4 is 0 Å². The normalized spacial score (nSPS) is 18.3. The molecule has 2 unspecified atom stereocenters. The summed E-state index contributed by atoms with van der Waals surface area (Å²) >= 11 is 0. The molecule has 0 amide bonds. The molecule has 4 aromatic carbocycles. The molecule has 0 heterocycles. The van der Waals surface area contributed by atoms with Gasteiger partial charge in [0.2, 0.25) is 0 Å². The van der Waals surface area contributed by atoms with E-state index in [9.17, 15) is 0 Å². The standard InChI is InChI=1S/C44H50O/c1-3-5-7-33-9-13-35(14-10-33)37-17-21-39(22-18-37)41-25-29-43(30-26-41)45-44-31-27-42(28-32-44)40-23-19-38(20-24-40)36-15-11-34(12-16-36)8-6-4-2/h9-24,29,31,41-42H,3-8,25-28,30,32H2,1-2H3. The van der Waals surface area contributed by atoms with Crippen LogP contribution in [0, 0.1) is 0 Å². The molecule has 0 spiro atoms. The van der Waals surface area contributed by atoms with Gasteiger partial charge in [-0.05, 0) is 120 Å². The highest BCUT2D eigenvalue weighted by molar-refractivity contribution is 5.65. The zero-order chi connectivity index (χ0) is 30.8. The van der Waals surface area contributed by atoms with E-state index < -0.39 is 0 Å². The quantitative estimate of drug-likeness (QED) is 0.158. The monoisotopic (exact) mass is 594 g/mol. The lowest BCUT2D eigenvalue weighted by Gasteiger charge is -2.26. The second-order valence-electron chi connectivity index (χ2n) is 13.2. The van der Waals surface area contributed by atoms with Crippen LogP contribution in [0.5, 0.6) is 0 Å². The second kappa shape index (κ2) is 15.4. The highest BCUT2D eigenvalue weighted by atomic mass is 16.5. The molecule has 0 N–H and O–H groups in total. The molecule has 1 heteroatoms. The summed E-state index contributed by atoms with van der Waals surface area (Å²) in [5.41, 5.74) is 11.0. The molecule has 1 nitrogen and oxygen atoms in total. The number of hydrogen-bond acceptors (Lipinski definition) is 1. The maximum atomic E-state index is 6.44. The van der Waals surface area contributed by atoms with Gasteiger partial charge in [-0.1, -0.05) is 124 Å². The summed E-state index contributed by atoms with van der Waals surface area (Å²) in [6.45, 7) is 4.51. The van der Waals surface area contributed by atoms with Gasteiger partial charge in [-0.15, -0.1) is 0 Å². The lowest BCUT2D eigenvalue weighted by atomic mass is 9.85. The maximum absolute atomic E-state index is 6.44. The summed E-state index contributed by atoms with van der Waals surface area (Å²) < 4.78 is 6.44. The molecule has 2 aliphatic carbocycles. The Morgan fingerprint density at radius 2 is 0.844 bits per heavy atom. The maximum Gasteiger partial charge on any atom is 0.0996 e. The van der Waals surface area contributed by atoms with Gasteiger partial charge < -0.3 is 4.74 Å². The Bertz CT molecular complexity index is 1430. The summed E-state index contributed by atoms with van der Waals surface area (Å²) in [4.78, 5) is 0. The summed E-state index contributed by atoms with van der Waals surface area (Å²) in [5.74, 6) is 3.49. The van der Waals surface area contributed by atoms with Crippen molar-refractivity contribution in [3.8, 4) is 22.3 Å². The Morgan fingerprint density at radius 3 is 1.16 bits per heavy atom. The van der Waals surface area contributed by atoms with E-state index in [0.29, 0.717) is 11.8 Å². The zero-order valence-corrected chi connectivity index (χ0v) is 27.4. The van der Waals surface area contributed by atoms with Crippen LogP contribution in [0.25, 0.3) is 22.3 Å². The number of benzene rings is 4. The number of unbranched alkanes of at least 4 members (excludes halogenated alkanes) is 2. The van der Waals surface area contributed by atoms with Crippen molar-refractivity contribution in [2.75, 3.05) is 0 Å². The average Bonchev–Trinajstić information content (AvgIpc) is 3.11. The fourth-order valence-electron chi connectivity index (χ4n) is 6.96. The molecule has 0 aromatic heterocycles. The van der Waals surface area contributed by atoms with Crippen LogP contribution in [0.15, 0.2) is 121 Å². The molecule has 6 rings (SSSR count). The first-order chi connectivity index (χ1) is 22.2. The van der Waals surface area contributed by atoms with Gasteiger partial charge in [0.15, 0.2) is 0 Å². The van der Waals surface area contributed by atoms with Gasteiger partial charge in [0.1, 0.15) is 0 Å². The molecule has 4 aromatic rings. The molecular weight excluding hydrogens is 544 g/mol. The number of ether oxygens (including phenoxy) is 1. The Kier molecular flexibility index (Phi) is 10.7. The predicted octanol–water partition coefficient (Wildman–Crippen LogP) is 12.7. The first kappa shape index (κ1) is 31.2. The molecule has 0 saturated carbocycles. The van der Waals surface area contributed by atoms with Crippen LogP contribution in [0.2, 0.25) is 0 Å². The van der Waals surface area contributed by atoms with E-state index in [1.54, 1.807) is 0 Å². The third-order valence-corrected chi connectivity index (χ3v) is 9.98. The van der Waals surface area contributed by atoms with E-state index in [-0.39, 0.29) is 0 Å². The first-order valence-electron chi connectivity index (χ1n) is 17.6. The smallest absolute Gasteiger partial charge is 0.0996 e. The van der Waals surface area contributed by atoms with Gasteiger partial charge >= 0.3 is 0 Å². The largest absolute Gasteiger partial charge is 0.467 e. The van der Waals surface area contributed by atoms with E-state index in [0.717, 1.165) is 38.5 Å². The van der Waals surface area contributed by atoms with Crippen LogP contribution in [-0.4, -0.2) is 0 Å². The van der Waals surface area contributed by atoms with Crippen molar-refractivity contribution in [3.63, 3.8) is 0 Å². The van der Waals surface area contributed by atoms with Gasteiger partial charge in [0.25, 0.3) is 0 Å². The lowest BCUT2D eigenvalue weighted by Crippen LogP contribution is -2.09. The van der Waals surface area contributed by atoms with Gasteiger partial charge in [0.05, 0.1) is 11.5 Å². The number of hydrogen-bond donors (Lipinski definition) is 0. The Labute approximate surface area is 272 Å². The molecule has 0 fully saturated rings. The third kappa shape index (κ3) is 8.26. The summed E-state index contributed by atoms with van der Waals surface area (Å²) in [7, 11) is 0. The average molecular weight is 595 g/mol. The minimum Gasteiger partial charge on any atom is -0.467 e. The van der Waals surface area contributed by atoms with Crippen molar-refractivity contribution < 1.29 is 4.74 Å².